The Labute approximate surface area is 203 Å². The minimum atomic E-state index is -1.17. The van der Waals surface area contributed by atoms with E-state index in [4.69, 9.17) is 9.47 Å². The van der Waals surface area contributed by atoms with Gasteiger partial charge < -0.3 is 25.0 Å². The van der Waals surface area contributed by atoms with Crippen LogP contribution in [-0.2, 0) is 9.47 Å². The molecule has 0 saturated carbocycles. The number of hydrogen-bond acceptors (Lipinski definition) is 9. The number of fused-ring (bicyclic) bond motifs is 1. The van der Waals surface area contributed by atoms with Crippen molar-refractivity contribution in [2.75, 3.05) is 11.9 Å². The molecule has 0 unspecified atom stereocenters. The molecule has 3 heterocycles. The molecule has 35 heavy (non-hydrogen) atoms. The quantitative estimate of drug-likeness (QED) is 0.369. The van der Waals surface area contributed by atoms with Crippen molar-refractivity contribution >= 4 is 27.9 Å². The molecule has 5 rings (SSSR count). The van der Waals surface area contributed by atoms with E-state index < -0.39 is 42.4 Å². The lowest BCUT2D eigenvalue weighted by molar-refractivity contribution is -0.158. The molecule has 0 aliphatic carbocycles. The largest absolute Gasteiger partial charge is 0.394 e. The summed E-state index contributed by atoms with van der Waals surface area (Å²) in [6.45, 7) is 2.92. The van der Waals surface area contributed by atoms with Crippen LogP contribution in [0.15, 0.2) is 48.5 Å². The van der Waals surface area contributed by atoms with Crippen molar-refractivity contribution < 1.29 is 28.9 Å². The lowest BCUT2D eigenvalue weighted by atomic mass is 10.1. The molecule has 0 radical (unpaired) electrons. The van der Waals surface area contributed by atoms with Crippen LogP contribution < -0.4 is 5.32 Å². The monoisotopic (exact) mass is 499 g/mol. The third kappa shape index (κ3) is 4.54. The van der Waals surface area contributed by atoms with Crippen LogP contribution in [0.4, 0.5) is 10.1 Å². The van der Waals surface area contributed by atoms with E-state index in [9.17, 15) is 19.4 Å². The van der Waals surface area contributed by atoms with Gasteiger partial charge in [0, 0.05) is 11.3 Å². The van der Waals surface area contributed by atoms with Crippen LogP contribution in [0.2, 0.25) is 0 Å². The van der Waals surface area contributed by atoms with Crippen molar-refractivity contribution in [1.29, 1.82) is 0 Å². The standard InChI is InChI=1S/C23H22FN5O5S/c1-23(2)33-17(16(31)11-30)18(34-23)19-26-27-22-29(19)28-21(35-22)12-7-9-13(10-8-12)25-20(32)14-5-3-4-6-15(14)24/h3-10,16-18,30-31H,11H2,1-2H3,(H,25,32)/t16-,17-,18+/m1/s1. The van der Waals surface area contributed by atoms with Crippen LogP contribution >= 0.6 is 11.3 Å². The number of aliphatic hydroxyl groups is 2. The number of rotatable bonds is 6. The smallest absolute Gasteiger partial charge is 0.258 e. The summed E-state index contributed by atoms with van der Waals surface area (Å²) in [5, 5.41) is 35.9. The van der Waals surface area contributed by atoms with E-state index in [1.165, 1.54) is 34.1 Å². The Balaban J connectivity index is 1.38. The van der Waals surface area contributed by atoms with Crippen molar-refractivity contribution in [3.63, 3.8) is 0 Å². The molecule has 10 nitrogen and oxygen atoms in total. The fourth-order valence-electron chi connectivity index (χ4n) is 3.84. The van der Waals surface area contributed by atoms with Crippen molar-refractivity contribution in [2.45, 2.75) is 37.9 Å². The maximum Gasteiger partial charge on any atom is 0.258 e. The second-order valence-corrected chi connectivity index (χ2v) is 9.40. The van der Waals surface area contributed by atoms with Crippen molar-refractivity contribution in [3.8, 4) is 10.6 Å². The highest BCUT2D eigenvalue weighted by Gasteiger charge is 2.47. The number of aromatic nitrogens is 4. The Morgan fingerprint density at radius 1 is 1.20 bits per heavy atom. The number of anilines is 1. The average Bonchev–Trinajstić information content (AvgIpc) is 3.51. The summed E-state index contributed by atoms with van der Waals surface area (Å²) in [5.74, 6) is -1.77. The summed E-state index contributed by atoms with van der Waals surface area (Å²) in [4.78, 5) is 12.9. The van der Waals surface area contributed by atoms with Gasteiger partial charge >= 0.3 is 0 Å². The SMILES string of the molecule is CC1(C)O[C@H]([C@H](O)CO)[C@@H](c2nnc3sc(-c4ccc(NC(=O)c5ccccc5F)cc4)nn23)O1. The van der Waals surface area contributed by atoms with Gasteiger partial charge in [0.25, 0.3) is 5.91 Å². The highest BCUT2D eigenvalue weighted by Crippen LogP contribution is 2.39. The predicted molar refractivity (Wildman–Crippen MR) is 124 cm³/mol. The fourth-order valence-corrected chi connectivity index (χ4v) is 4.69. The van der Waals surface area contributed by atoms with Crippen LogP contribution in [-0.4, -0.2) is 60.5 Å². The lowest BCUT2D eigenvalue weighted by Crippen LogP contribution is -2.35. The van der Waals surface area contributed by atoms with Gasteiger partial charge in [-0.3, -0.25) is 4.79 Å². The number of benzene rings is 2. The lowest BCUT2D eigenvalue weighted by Gasteiger charge is -2.19. The Bertz CT molecular complexity index is 1370. The third-order valence-corrected chi connectivity index (χ3v) is 6.42. The van der Waals surface area contributed by atoms with Gasteiger partial charge in [-0.2, -0.15) is 9.61 Å². The summed E-state index contributed by atoms with van der Waals surface area (Å²) in [6.07, 6.45) is -2.79. The normalized spacial score (nSPS) is 20.3. The molecule has 3 N–H and O–H groups in total. The molecule has 0 spiro atoms. The van der Waals surface area contributed by atoms with E-state index in [2.05, 4.69) is 20.6 Å². The first kappa shape index (κ1) is 23.5. The predicted octanol–water partition coefficient (Wildman–Crippen LogP) is 2.79. The number of nitrogens with one attached hydrogen (secondary N) is 1. The van der Waals surface area contributed by atoms with Gasteiger partial charge in [-0.1, -0.05) is 23.5 Å². The van der Waals surface area contributed by atoms with Crippen LogP contribution in [0.1, 0.15) is 36.1 Å². The topological polar surface area (TPSA) is 131 Å². The van der Waals surface area contributed by atoms with E-state index in [1.54, 1.807) is 44.2 Å². The van der Waals surface area contributed by atoms with Crippen LogP contribution in [0.25, 0.3) is 15.5 Å². The number of aliphatic hydroxyl groups excluding tert-OH is 2. The van der Waals surface area contributed by atoms with Gasteiger partial charge in [0.2, 0.25) is 4.96 Å². The fraction of sp³-hybridized carbons (Fsp3) is 0.304. The minimum absolute atomic E-state index is 0.0383. The van der Waals surface area contributed by atoms with Crippen molar-refractivity contribution in [2.24, 2.45) is 0 Å². The first-order valence-corrected chi connectivity index (χ1v) is 11.6. The molecule has 2 aromatic heterocycles. The maximum atomic E-state index is 13.9. The Morgan fingerprint density at radius 2 is 1.94 bits per heavy atom. The van der Waals surface area contributed by atoms with Crippen molar-refractivity contribution in [3.05, 3.63) is 65.7 Å². The number of hydrogen-bond donors (Lipinski definition) is 3. The maximum absolute atomic E-state index is 13.9. The second kappa shape index (κ2) is 9.06. The van der Waals surface area contributed by atoms with Gasteiger partial charge in [-0.15, -0.1) is 10.2 Å². The number of carbonyl (C=O) groups excluding carboxylic acids is 1. The summed E-state index contributed by atoms with van der Waals surface area (Å²) in [6, 6.07) is 12.7. The molecular formula is C23H22FN5O5S. The molecule has 12 heteroatoms. The number of nitrogens with zero attached hydrogens (tertiary/aromatic N) is 4. The zero-order valence-electron chi connectivity index (χ0n) is 18.8. The molecule has 1 amide bonds. The first-order valence-electron chi connectivity index (χ1n) is 10.8. The molecule has 4 aromatic rings. The Hall–Kier alpha value is -3.29. The first-order chi connectivity index (χ1) is 16.8. The minimum Gasteiger partial charge on any atom is -0.394 e. The molecule has 0 bridgehead atoms. The van der Waals surface area contributed by atoms with Crippen LogP contribution in [0, 0.1) is 5.82 Å². The molecular weight excluding hydrogens is 477 g/mol. The zero-order valence-corrected chi connectivity index (χ0v) is 19.6. The molecule has 1 saturated heterocycles. The molecule has 2 aromatic carbocycles. The molecule has 1 aliphatic rings. The molecule has 182 valence electrons. The van der Waals surface area contributed by atoms with E-state index in [1.807, 2.05) is 0 Å². The number of halogens is 1. The Kier molecular flexibility index (Phi) is 6.07. The molecule has 1 fully saturated rings. The van der Waals surface area contributed by atoms with Gasteiger partial charge in [0.05, 0.1) is 12.2 Å². The second-order valence-electron chi connectivity index (χ2n) is 8.44. The number of ether oxygens (including phenoxy) is 2. The number of carbonyl (C=O) groups is 1. The van der Waals surface area contributed by atoms with Gasteiger partial charge in [0.1, 0.15) is 23.0 Å². The highest BCUT2D eigenvalue weighted by atomic mass is 32.1. The summed E-state index contributed by atoms with van der Waals surface area (Å²) in [7, 11) is 0. The van der Waals surface area contributed by atoms with Crippen LogP contribution in [0.5, 0.6) is 0 Å². The van der Waals surface area contributed by atoms with Gasteiger partial charge in [-0.25, -0.2) is 4.39 Å². The summed E-state index contributed by atoms with van der Waals surface area (Å²) in [5.41, 5.74) is 1.24. The van der Waals surface area contributed by atoms with E-state index in [-0.39, 0.29) is 5.56 Å². The highest BCUT2D eigenvalue weighted by molar-refractivity contribution is 7.19. The zero-order chi connectivity index (χ0) is 24.7. The van der Waals surface area contributed by atoms with E-state index in [0.29, 0.717) is 21.5 Å². The van der Waals surface area contributed by atoms with E-state index >= 15 is 0 Å². The third-order valence-electron chi connectivity index (χ3n) is 5.47. The van der Waals surface area contributed by atoms with Gasteiger partial charge in [-0.05, 0) is 50.2 Å². The molecule has 1 aliphatic heterocycles. The van der Waals surface area contributed by atoms with Gasteiger partial charge in [0.15, 0.2) is 17.7 Å². The average molecular weight is 500 g/mol. The van der Waals surface area contributed by atoms with Crippen LogP contribution in [0.3, 0.4) is 0 Å². The number of amides is 1. The summed E-state index contributed by atoms with van der Waals surface area (Å²) < 4.78 is 27.1. The Morgan fingerprint density at radius 3 is 2.66 bits per heavy atom. The van der Waals surface area contributed by atoms with Crippen molar-refractivity contribution in [1.82, 2.24) is 19.8 Å². The molecule has 3 atom stereocenters. The summed E-state index contributed by atoms with van der Waals surface area (Å²) >= 11 is 1.30. The van der Waals surface area contributed by atoms with E-state index in [0.717, 1.165) is 5.56 Å².